The Labute approximate surface area is 122 Å². The normalized spacial score (nSPS) is 29.8. The second-order valence-electron chi connectivity index (χ2n) is 5.74. The van der Waals surface area contributed by atoms with E-state index in [0.29, 0.717) is 25.7 Å². The van der Waals surface area contributed by atoms with Crippen LogP contribution in [0.5, 0.6) is 0 Å². The van der Waals surface area contributed by atoms with Gasteiger partial charge in [0.1, 0.15) is 5.82 Å². The summed E-state index contributed by atoms with van der Waals surface area (Å²) < 4.78 is 37.2. The van der Waals surface area contributed by atoms with E-state index in [-0.39, 0.29) is 22.8 Å². The number of ketones is 1. The Morgan fingerprint density at radius 2 is 1.86 bits per heavy atom. The van der Waals surface area contributed by atoms with Crippen LogP contribution < -0.4 is 0 Å². The van der Waals surface area contributed by atoms with Gasteiger partial charge in [0.05, 0.1) is 22.1 Å². The zero-order chi connectivity index (χ0) is 15.2. The van der Waals surface area contributed by atoms with Crippen LogP contribution >= 0.6 is 0 Å². The van der Waals surface area contributed by atoms with E-state index >= 15 is 0 Å². The van der Waals surface area contributed by atoms with Crippen molar-refractivity contribution in [3.63, 3.8) is 0 Å². The molecule has 1 aromatic rings. The van der Waals surface area contributed by atoms with Crippen molar-refractivity contribution in [2.75, 3.05) is 0 Å². The molecule has 0 radical (unpaired) electrons. The summed E-state index contributed by atoms with van der Waals surface area (Å²) in [5.74, 6) is -1.18. The lowest BCUT2D eigenvalue weighted by atomic mass is 9.88. The van der Waals surface area contributed by atoms with Crippen LogP contribution in [0.1, 0.15) is 41.6 Å². The highest BCUT2D eigenvalue weighted by molar-refractivity contribution is 7.93. The summed E-state index contributed by atoms with van der Waals surface area (Å²) >= 11 is 0. The van der Waals surface area contributed by atoms with Crippen LogP contribution in [0, 0.1) is 23.1 Å². The van der Waals surface area contributed by atoms with E-state index < -0.39 is 26.2 Å². The van der Waals surface area contributed by atoms with Crippen LogP contribution in [0.15, 0.2) is 18.2 Å². The standard InChI is InChI=1S/C15H14FNO3S/c16-11-1-4-14(10(5-11)8-17)15(18)9-6-12-2-3-13(7-9)21(12,19)20/h1,4-5,9,12-13H,2-3,6-7H2. The van der Waals surface area contributed by atoms with E-state index in [9.17, 15) is 17.6 Å². The SMILES string of the molecule is N#Cc1cc(F)ccc1C(=O)C1CC2CCC(C1)S2(=O)=O. The van der Waals surface area contributed by atoms with Crippen molar-refractivity contribution in [1.29, 1.82) is 5.26 Å². The van der Waals surface area contributed by atoms with Gasteiger partial charge < -0.3 is 0 Å². The molecule has 110 valence electrons. The second-order valence-corrected chi connectivity index (χ2v) is 8.26. The molecule has 2 unspecified atom stereocenters. The summed E-state index contributed by atoms with van der Waals surface area (Å²) in [6.45, 7) is 0. The molecule has 2 heterocycles. The van der Waals surface area contributed by atoms with Crippen LogP contribution in [0.2, 0.25) is 0 Å². The first-order valence-corrected chi connectivity index (χ1v) is 8.51. The van der Waals surface area contributed by atoms with Gasteiger partial charge in [-0.15, -0.1) is 0 Å². The molecule has 0 aromatic heterocycles. The summed E-state index contributed by atoms with van der Waals surface area (Å²) in [5.41, 5.74) is 0.211. The lowest BCUT2D eigenvalue weighted by Gasteiger charge is -2.27. The maximum Gasteiger partial charge on any atom is 0.167 e. The molecule has 1 aromatic carbocycles. The summed E-state index contributed by atoms with van der Waals surface area (Å²) in [5, 5.41) is 8.16. The number of sulfone groups is 1. The number of fused-ring (bicyclic) bond motifs is 2. The number of nitrogens with zero attached hydrogens (tertiary/aromatic N) is 1. The number of carbonyl (C=O) groups is 1. The van der Waals surface area contributed by atoms with Gasteiger partial charge in [-0.3, -0.25) is 4.79 Å². The molecule has 2 aliphatic heterocycles. The number of hydrogen-bond donors (Lipinski definition) is 0. The molecule has 0 amide bonds. The highest BCUT2D eigenvalue weighted by Crippen LogP contribution is 2.42. The third kappa shape index (κ3) is 2.26. The van der Waals surface area contributed by atoms with Gasteiger partial charge in [0.2, 0.25) is 0 Å². The number of hydrogen-bond acceptors (Lipinski definition) is 4. The topological polar surface area (TPSA) is 75.0 Å². The monoisotopic (exact) mass is 307 g/mol. The van der Waals surface area contributed by atoms with Gasteiger partial charge in [0, 0.05) is 11.5 Å². The minimum atomic E-state index is -3.08. The Morgan fingerprint density at radius 1 is 1.24 bits per heavy atom. The van der Waals surface area contributed by atoms with Gasteiger partial charge in [0.25, 0.3) is 0 Å². The van der Waals surface area contributed by atoms with Crippen molar-refractivity contribution < 1.29 is 17.6 Å². The molecule has 21 heavy (non-hydrogen) atoms. The molecule has 0 aliphatic carbocycles. The number of halogens is 1. The van der Waals surface area contributed by atoms with Crippen molar-refractivity contribution in [3.05, 3.63) is 35.1 Å². The lowest BCUT2D eigenvalue weighted by Crippen LogP contribution is -2.36. The molecule has 2 atom stereocenters. The van der Waals surface area contributed by atoms with Crippen LogP contribution in [-0.2, 0) is 9.84 Å². The minimum Gasteiger partial charge on any atom is -0.294 e. The molecular weight excluding hydrogens is 293 g/mol. The third-order valence-corrected chi connectivity index (χ3v) is 7.29. The molecule has 2 aliphatic rings. The predicted molar refractivity (Wildman–Crippen MR) is 73.9 cm³/mol. The van der Waals surface area contributed by atoms with Crippen molar-refractivity contribution in [3.8, 4) is 6.07 Å². The first-order chi connectivity index (χ1) is 9.93. The van der Waals surface area contributed by atoms with Crippen LogP contribution in [0.25, 0.3) is 0 Å². The lowest BCUT2D eigenvalue weighted by molar-refractivity contribution is 0.0905. The fraction of sp³-hybridized carbons (Fsp3) is 0.467. The van der Waals surface area contributed by atoms with Crippen molar-refractivity contribution in [1.82, 2.24) is 0 Å². The highest BCUT2D eigenvalue weighted by Gasteiger charge is 2.48. The van der Waals surface area contributed by atoms with Crippen LogP contribution in [0.3, 0.4) is 0 Å². The Kier molecular flexibility index (Phi) is 3.33. The minimum absolute atomic E-state index is 0.0146. The Hall–Kier alpha value is -1.74. The number of carbonyl (C=O) groups excluding carboxylic acids is 1. The smallest absolute Gasteiger partial charge is 0.167 e. The molecule has 3 rings (SSSR count). The molecule has 0 spiro atoms. The molecule has 2 bridgehead atoms. The molecule has 0 N–H and O–H groups in total. The fourth-order valence-electron chi connectivity index (χ4n) is 3.47. The zero-order valence-electron chi connectivity index (χ0n) is 11.3. The molecule has 2 saturated heterocycles. The van der Waals surface area contributed by atoms with Gasteiger partial charge in [-0.25, -0.2) is 12.8 Å². The van der Waals surface area contributed by atoms with Crippen LogP contribution in [0.4, 0.5) is 4.39 Å². The first kappa shape index (κ1) is 14.2. The van der Waals surface area contributed by atoms with E-state index in [1.165, 1.54) is 6.07 Å². The highest BCUT2D eigenvalue weighted by atomic mass is 32.2. The summed E-state index contributed by atoms with van der Waals surface area (Å²) in [7, 11) is -3.08. The average Bonchev–Trinajstić information content (AvgIpc) is 2.66. The molecule has 4 nitrogen and oxygen atoms in total. The summed E-state index contributed by atoms with van der Waals surface area (Å²) in [6, 6.07) is 5.35. The number of nitriles is 1. The Balaban J connectivity index is 1.90. The van der Waals surface area contributed by atoms with Gasteiger partial charge in [-0.1, -0.05) is 0 Å². The van der Waals surface area contributed by atoms with Gasteiger partial charge in [-0.2, -0.15) is 5.26 Å². The average molecular weight is 307 g/mol. The van der Waals surface area contributed by atoms with Crippen molar-refractivity contribution in [2.24, 2.45) is 5.92 Å². The van der Waals surface area contributed by atoms with Gasteiger partial charge >= 0.3 is 0 Å². The van der Waals surface area contributed by atoms with E-state index in [1.54, 1.807) is 0 Å². The zero-order valence-corrected chi connectivity index (χ0v) is 12.1. The molecule has 2 fully saturated rings. The summed E-state index contributed by atoms with van der Waals surface area (Å²) in [6.07, 6.45) is 1.87. The largest absolute Gasteiger partial charge is 0.294 e. The van der Waals surface area contributed by atoms with E-state index in [2.05, 4.69) is 0 Å². The second kappa shape index (κ2) is 4.92. The molecule has 0 saturated carbocycles. The number of benzene rings is 1. The summed E-state index contributed by atoms with van der Waals surface area (Å²) in [4.78, 5) is 12.6. The van der Waals surface area contributed by atoms with Gasteiger partial charge in [-0.05, 0) is 43.9 Å². The van der Waals surface area contributed by atoms with E-state index in [0.717, 1.165) is 12.1 Å². The third-order valence-electron chi connectivity index (χ3n) is 4.57. The fourth-order valence-corrected chi connectivity index (χ4v) is 5.94. The molecule has 6 heteroatoms. The maximum absolute atomic E-state index is 13.1. The Bertz CT molecular complexity index is 731. The van der Waals surface area contributed by atoms with Crippen molar-refractivity contribution >= 4 is 15.6 Å². The number of rotatable bonds is 2. The van der Waals surface area contributed by atoms with E-state index in [4.69, 9.17) is 5.26 Å². The predicted octanol–water partition coefficient (Wildman–Crippen LogP) is 2.24. The maximum atomic E-state index is 13.1. The molecular formula is C15H14FNO3S. The number of Topliss-reactive ketones (excluding diaryl/α,β-unsaturated/α-hetero) is 1. The van der Waals surface area contributed by atoms with E-state index in [1.807, 2.05) is 6.07 Å². The first-order valence-electron chi connectivity index (χ1n) is 6.90. The Morgan fingerprint density at radius 3 is 2.43 bits per heavy atom. The van der Waals surface area contributed by atoms with Crippen LogP contribution in [-0.4, -0.2) is 24.7 Å². The quantitative estimate of drug-likeness (QED) is 0.785. The van der Waals surface area contributed by atoms with Gasteiger partial charge in [0.15, 0.2) is 15.6 Å². The van der Waals surface area contributed by atoms with Crippen molar-refractivity contribution in [2.45, 2.75) is 36.2 Å².